The minimum Gasteiger partial charge on any atom is -0.491 e. The second-order valence-corrected chi connectivity index (χ2v) is 9.85. The number of allylic oxidation sites excluding steroid dienone is 3. The van der Waals surface area contributed by atoms with Crippen LogP contribution >= 0.6 is 0 Å². The van der Waals surface area contributed by atoms with Crippen LogP contribution in [0.15, 0.2) is 30.4 Å². The zero-order valence-electron chi connectivity index (χ0n) is 19.6. The molecule has 1 aromatic carbocycles. The van der Waals surface area contributed by atoms with Crippen molar-refractivity contribution >= 4 is 5.57 Å². The third kappa shape index (κ3) is 5.27. The van der Waals surface area contributed by atoms with E-state index in [1.807, 2.05) is 0 Å². The summed E-state index contributed by atoms with van der Waals surface area (Å²) in [5, 5.41) is 0. The van der Waals surface area contributed by atoms with E-state index in [1.165, 1.54) is 38.5 Å². The van der Waals surface area contributed by atoms with Crippen LogP contribution in [-0.4, -0.2) is 19.3 Å². The van der Waals surface area contributed by atoms with Gasteiger partial charge in [0.1, 0.15) is 0 Å². The molecule has 1 saturated carbocycles. The Morgan fingerprint density at radius 1 is 0.969 bits per heavy atom. The lowest BCUT2D eigenvalue weighted by molar-refractivity contribution is -0.0512. The van der Waals surface area contributed by atoms with Crippen molar-refractivity contribution in [3.63, 3.8) is 0 Å². The highest BCUT2D eigenvalue weighted by atomic mass is 19.2. The second-order valence-electron chi connectivity index (χ2n) is 9.85. The molecule has 1 aliphatic heterocycles. The van der Waals surface area contributed by atoms with Crippen LogP contribution in [0.5, 0.6) is 5.75 Å². The topological polar surface area (TPSA) is 18.5 Å². The van der Waals surface area contributed by atoms with Gasteiger partial charge in [0.2, 0.25) is 5.82 Å². The number of rotatable bonds is 6. The summed E-state index contributed by atoms with van der Waals surface area (Å²) in [4.78, 5) is 0. The van der Waals surface area contributed by atoms with Gasteiger partial charge < -0.3 is 9.47 Å². The third-order valence-corrected chi connectivity index (χ3v) is 7.96. The monoisotopic (exact) mass is 444 g/mol. The standard InChI is InChI=1S/C28H38F2O2/c1-3-5-19-6-16-25(32-18-19)23-13-9-21(10-14-23)20-7-11-22(12-8-20)24-15-17-26(31-4-2)28(30)27(24)29/h3,5,11,15,17,19-21,23,25H,4,6-10,12-14,16,18H2,1-2H3/b5-3+. The molecule has 0 radical (unpaired) electrons. The summed E-state index contributed by atoms with van der Waals surface area (Å²) >= 11 is 0. The summed E-state index contributed by atoms with van der Waals surface area (Å²) < 4.78 is 40.3. The number of halogens is 2. The highest BCUT2D eigenvalue weighted by molar-refractivity contribution is 5.67. The van der Waals surface area contributed by atoms with Crippen molar-refractivity contribution in [3.05, 3.63) is 47.6 Å². The largest absolute Gasteiger partial charge is 0.491 e. The van der Waals surface area contributed by atoms with Gasteiger partial charge >= 0.3 is 0 Å². The first-order valence-corrected chi connectivity index (χ1v) is 12.6. The van der Waals surface area contributed by atoms with Crippen molar-refractivity contribution in [1.82, 2.24) is 0 Å². The van der Waals surface area contributed by atoms with Crippen LogP contribution in [0, 0.1) is 35.3 Å². The maximum absolute atomic E-state index is 14.6. The molecule has 1 aromatic rings. The summed E-state index contributed by atoms with van der Waals surface area (Å²) in [7, 11) is 0. The van der Waals surface area contributed by atoms with Crippen molar-refractivity contribution < 1.29 is 18.3 Å². The van der Waals surface area contributed by atoms with E-state index in [0.717, 1.165) is 37.4 Å². The summed E-state index contributed by atoms with van der Waals surface area (Å²) in [5.41, 5.74) is 1.35. The Bertz CT molecular complexity index is 815. The summed E-state index contributed by atoms with van der Waals surface area (Å²) in [6.45, 7) is 5.06. The normalized spacial score (nSPS) is 31.5. The van der Waals surface area contributed by atoms with E-state index in [2.05, 4.69) is 25.2 Å². The van der Waals surface area contributed by atoms with Crippen molar-refractivity contribution in [2.45, 2.75) is 77.7 Å². The van der Waals surface area contributed by atoms with Crippen LogP contribution in [0.2, 0.25) is 0 Å². The van der Waals surface area contributed by atoms with E-state index in [-0.39, 0.29) is 5.75 Å². The lowest BCUT2D eigenvalue weighted by Crippen LogP contribution is -2.34. The minimum atomic E-state index is -0.868. The van der Waals surface area contributed by atoms with E-state index in [9.17, 15) is 8.78 Å². The zero-order chi connectivity index (χ0) is 22.5. The Kier molecular flexibility index (Phi) is 8.04. The molecule has 4 heteroatoms. The van der Waals surface area contributed by atoms with Gasteiger partial charge in [-0.3, -0.25) is 0 Å². The SMILES string of the molecule is C/C=C/C1CCC(C2CCC(C3CC=C(c4ccc(OCC)c(F)c4F)CC3)CC2)OC1. The second kappa shape index (κ2) is 11.0. The zero-order valence-corrected chi connectivity index (χ0v) is 19.6. The van der Waals surface area contributed by atoms with Crippen LogP contribution in [0.4, 0.5) is 8.78 Å². The average molecular weight is 445 g/mol. The van der Waals surface area contributed by atoms with E-state index in [4.69, 9.17) is 9.47 Å². The lowest BCUT2D eigenvalue weighted by atomic mass is 9.69. The van der Waals surface area contributed by atoms with E-state index in [0.29, 0.717) is 36.0 Å². The highest BCUT2D eigenvalue weighted by Crippen LogP contribution is 2.44. The van der Waals surface area contributed by atoms with Crippen LogP contribution in [0.25, 0.3) is 5.57 Å². The molecule has 2 nitrogen and oxygen atoms in total. The molecule has 0 spiro atoms. The van der Waals surface area contributed by atoms with E-state index in [1.54, 1.807) is 19.1 Å². The van der Waals surface area contributed by atoms with Crippen molar-refractivity contribution in [2.24, 2.45) is 23.7 Å². The molecule has 176 valence electrons. The first kappa shape index (κ1) is 23.5. The molecule has 3 aliphatic rings. The molecule has 2 fully saturated rings. The molecule has 32 heavy (non-hydrogen) atoms. The number of ether oxygens (including phenoxy) is 2. The van der Waals surface area contributed by atoms with Gasteiger partial charge in [-0.1, -0.05) is 18.2 Å². The quantitative estimate of drug-likeness (QED) is 0.418. The van der Waals surface area contributed by atoms with Crippen LogP contribution in [0.3, 0.4) is 0 Å². The van der Waals surface area contributed by atoms with Crippen molar-refractivity contribution in [1.29, 1.82) is 0 Å². The predicted molar refractivity (Wildman–Crippen MR) is 126 cm³/mol. The molecule has 2 aliphatic carbocycles. The van der Waals surface area contributed by atoms with Gasteiger partial charge in [0, 0.05) is 11.5 Å². The molecule has 4 rings (SSSR count). The molecule has 1 heterocycles. The molecular formula is C28H38F2O2. The smallest absolute Gasteiger partial charge is 0.201 e. The molecule has 0 amide bonds. The minimum absolute atomic E-state index is 0.000842. The van der Waals surface area contributed by atoms with Gasteiger partial charge in [-0.05, 0) is 107 Å². The van der Waals surface area contributed by atoms with Gasteiger partial charge in [0.25, 0.3) is 0 Å². The first-order chi connectivity index (χ1) is 15.6. The van der Waals surface area contributed by atoms with Gasteiger partial charge in [-0.25, -0.2) is 4.39 Å². The number of hydrogen-bond acceptors (Lipinski definition) is 2. The molecule has 1 saturated heterocycles. The highest BCUT2D eigenvalue weighted by Gasteiger charge is 2.34. The third-order valence-electron chi connectivity index (χ3n) is 7.96. The fourth-order valence-corrected chi connectivity index (χ4v) is 6.15. The number of hydrogen-bond donors (Lipinski definition) is 0. The van der Waals surface area contributed by atoms with E-state index >= 15 is 0 Å². The van der Waals surface area contributed by atoms with Gasteiger partial charge in [-0.15, -0.1) is 0 Å². The summed E-state index contributed by atoms with van der Waals surface area (Å²) in [6, 6.07) is 3.23. The van der Waals surface area contributed by atoms with Crippen LogP contribution in [0.1, 0.15) is 77.2 Å². The molecule has 3 atom stereocenters. The predicted octanol–water partition coefficient (Wildman–Crippen LogP) is 7.72. The average Bonchev–Trinajstić information content (AvgIpc) is 2.83. The Labute approximate surface area is 192 Å². The fourth-order valence-electron chi connectivity index (χ4n) is 6.15. The molecule has 0 bridgehead atoms. The maximum atomic E-state index is 14.6. The van der Waals surface area contributed by atoms with Crippen LogP contribution in [-0.2, 0) is 4.74 Å². The maximum Gasteiger partial charge on any atom is 0.201 e. The Balaban J connectivity index is 1.29. The van der Waals surface area contributed by atoms with Crippen molar-refractivity contribution in [2.75, 3.05) is 13.2 Å². The van der Waals surface area contributed by atoms with Gasteiger partial charge in [0.05, 0.1) is 19.3 Å². The van der Waals surface area contributed by atoms with Crippen LogP contribution < -0.4 is 4.74 Å². The van der Waals surface area contributed by atoms with Gasteiger partial charge in [-0.2, -0.15) is 4.39 Å². The van der Waals surface area contributed by atoms with Gasteiger partial charge in [0.15, 0.2) is 11.6 Å². The molecule has 0 aromatic heterocycles. The fraction of sp³-hybridized carbons (Fsp3) is 0.643. The summed E-state index contributed by atoms with van der Waals surface area (Å²) in [6.07, 6.45) is 17.5. The Morgan fingerprint density at radius 3 is 2.38 bits per heavy atom. The molecule has 3 unspecified atom stereocenters. The van der Waals surface area contributed by atoms with E-state index < -0.39 is 11.6 Å². The first-order valence-electron chi connectivity index (χ1n) is 12.6. The Morgan fingerprint density at radius 2 is 1.75 bits per heavy atom. The summed E-state index contributed by atoms with van der Waals surface area (Å²) in [5.74, 6) is 1.10. The molecular weight excluding hydrogens is 406 g/mol. The molecule has 0 N–H and O–H groups in total. The lowest BCUT2D eigenvalue weighted by Gasteiger charge is -2.40. The Hall–Kier alpha value is -1.68. The number of benzene rings is 1. The van der Waals surface area contributed by atoms with Crippen molar-refractivity contribution in [3.8, 4) is 5.75 Å².